The van der Waals surface area contributed by atoms with Crippen molar-refractivity contribution in [1.82, 2.24) is 4.90 Å². The number of halogens is 1. The van der Waals surface area contributed by atoms with E-state index in [-0.39, 0.29) is 17.3 Å². The number of ether oxygens (including phenoxy) is 2. The number of carbonyl (C=O) groups is 2. The minimum absolute atomic E-state index is 0.213. The third kappa shape index (κ3) is 4.07. The molecule has 1 N–H and O–H groups in total. The molecule has 0 aromatic heterocycles. The normalized spacial score (nSPS) is 33.0. The van der Waals surface area contributed by atoms with Crippen molar-refractivity contribution in [2.75, 3.05) is 25.4 Å². The lowest BCUT2D eigenvalue weighted by atomic mass is 9.53. The first kappa shape index (κ1) is 25.5. The number of methoxy groups -OCH3 is 2. The van der Waals surface area contributed by atoms with Crippen molar-refractivity contribution in [1.29, 1.82) is 0 Å². The summed E-state index contributed by atoms with van der Waals surface area (Å²) in [7, 11) is 2.98. The van der Waals surface area contributed by atoms with Gasteiger partial charge in [0.2, 0.25) is 5.91 Å². The second-order valence-electron chi connectivity index (χ2n) is 12.1. The molecule has 7 heteroatoms. The van der Waals surface area contributed by atoms with E-state index >= 15 is 0 Å². The maximum atomic E-state index is 13.4. The molecule has 2 aromatic carbocycles. The van der Waals surface area contributed by atoms with Gasteiger partial charge in [-0.05, 0) is 104 Å². The number of amides is 1. The molecular weight excluding hydrogens is 500 g/mol. The van der Waals surface area contributed by atoms with E-state index in [1.165, 1.54) is 45.6 Å². The summed E-state index contributed by atoms with van der Waals surface area (Å²) in [6, 6.07) is 13.5. The second-order valence-corrected chi connectivity index (χ2v) is 12.4. The fourth-order valence-electron chi connectivity index (χ4n) is 8.64. The molecular formula is C31H37ClN2O4. The van der Waals surface area contributed by atoms with Gasteiger partial charge in [-0.3, -0.25) is 4.79 Å². The molecule has 2 atom stereocenters. The first-order chi connectivity index (χ1) is 18.3. The van der Waals surface area contributed by atoms with Crippen molar-refractivity contribution in [3.8, 4) is 5.75 Å². The zero-order valence-corrected chi connectivity index (χ0v) is 23.2. The molecule has 38 heavy (non-hydrogen) atoms. The van der Waals surface area contributed by atoms with Gasteiger partial charge in [-0.15, -0.1) is 11.6 Å². The van der Waals surface area contributed by atoms with Crippen LogP contribution in [0, 0.1) is 17.8 Å². The highest BCUT2D eigenvalue weighted by atomic mass is 35.5. The van der Waals surface area contributed by atoms with Gasteiger partial charge in [-0.2, -0.15) is 0 Å². The maximum absolute atomic E-state index is 13.4. The fraction of sp³-hybridized carbons (Fsp3) is 0.548. The highest BCUT2D eigenvalue weighted by molar-refractivity contribution is 6.27. The molecule has 0 spiro atoms. The van der Waals surface area contributed by atoms with Gasteiger partial charge >= 0.3 is 5.97 Å². The molecule has 5 aliphatic rings. The molecule has 0 radical (unpaired) electrons. The van der Waals surface area contributed by atoms with Crippen molar-refractivity contribution in [3.63, 3.8) is 0 Å². The number of hydrogen-bond donors (Lipinski definition) is 1. The van der Waals surface area contributed by atoms with Gasteiger partial charge in [-0.25, -0.2) is 4.79 Å². The minimum atomic E-state index is -0.913. The Labute approximate surface area is 230 Å². The number of benzene rings is 2. The largest absolute Gasteiger partial charge is 0.497 e. The van der Waals surface area contributed by atoms with Gasteiger partial charge in [0, 0.05) is 17.6 Å². The molecule has 4 saturated carbocycles. The van der Waals surface area contributed by atoms with Crippen LogP contribution in [-0.2, 0) is 26.3 Å². The molecule has 2 aromatic rings. The molecule has 7 rings (SSSR count). The number of fused-ring (bicyclic) bond motifs is 1. The summed E-state index contributed by atoms with van der Waals surface area (Å²) in [6.45, 7) is 2.00. The summed E-state index contributed by atoms with van der Waals surface area (Å²) in [5, 5.41) is 3.95. The van der Waals surface area contributed by atoms with Crippen LogP contribution in [0.15, 0.2) is 42.5 Å². The van der Waals surface area contributed by atoms with Crippen LogP contribution in [-0.4, -0.2) is 48.5 Å². The third-order valence-electron chi connectivity index (χ3n) is 9.79. The lowest BCUT2D eigenvalue weighted by Crippen LogP contribution is -2.60. The number of anilines is 1. The van der Waals surface area contributed by atoms with E-state index in [1.807, 2.05) is 25.1 Å². The van der Waals surface area contributed by atoms with Gasteiger partial charge in [0.05, 0.1) is 19.8 Å². The van der Waals surface area contributed by atoms with Crippen molar-refractivity contribution in [2.45, 2.75) is 69.0 Å². The fourth-order valence-corrected chi connectivity index (χ4v) is 8.77. The Bertz CT molecular complexity index is 1210. The van der Waals surface area contributed by atoms with Crippen molar-refractivity contribution in [2.24, 2.45) is 17.8 Å². The molecule has 1 aliphatic heterocycles. The third-order valence-corrected chi connectivity index (χ3v) is 10.0. The molecule has 202 valence electrons. The topological polar surface area (TPSA) is 67.9 Å². The number of esters is 1. The molecule has 6 nitrogen and oxygen atoms in total. The molecule has 0 unspecified atom stereocenters. The van der Waals surface area contributed by atoms with Crippen LogP contribution in [0.4, 0.5) is 5.69 Å². The van der Waals surface area contributed by atoms with Gasteiger partial charge in [0.25, 0.3) is 0 Å². The van der Waals surface area contributed by atoms with E-state index in [1.54, 1.807) is 12.0 Å². The number of carbonyl (C=O) groups excluding carboxylic acids is 2. The van der Waals surface area contributed by atoms with Crippen LogP contribution in [0.2, 0.25) is 0 Å². The number of nitrogens with one attached hydrogen (secondary N) is 1. The van der Waals surface area contributed by atoms with Crippen LogP contribution in [0.5, 0.6) is 5.75 Å². The van der Waals surface area contributed by atoms with Crippen LogP contribution >= 0.6 is 11.6 Å². The van der Waals surface area contributed by atoms with E-state index in [9.17, 15) is 9.59 Å². The van der Waals surface area contributed by atoms with Gasteiger partial charge in [-0.1, -0.05) is 18.2 Å². The van der Waals surface area contributed by atoms with Gasteiger partial charge < -0.3 is 19.7 Å². The smallest absolute Gasteiger partial charge is 0.328 e. The van der Waals surface area contributed by atoms with Gasteiger partial charge in [0.1, 0.15) is 17.7 Å². The lowest BCUT2D eigenvalue weighted by Gasteiger charge is -2.57. The van der Waals surface area contributed by atoms with Crippen LogP contribution in [0.1, 0.15) is 62.1 Å². The van der Waals surface area contributed by atoms with Crippen molar-refractivity contribution < 1.29 is 19.1 Å². The van der Waals surface area contributed by atoms with Crippen LogP contribution < -0.4 is 10.1 Å². The molecule has 0 saturated heterocycles. The lowest BCUT2D eigenvalue weighted by molar-refractivity contribution is -0.157. The Hall–Kier alpha value is -2.73. The maximum Gasteiger partial charge on any atom is 0.328 e. The summed E-state index contributed by atoms with van der Waals surface area (Å²) in [5.74, 6) is 2.33. The monoisotopic (exact) mass is 536 g/mol. The average Bonchev–Trinajstić information content (AvgIpc) is 2.91. The molecule has 4 fully saturated rings. The highest BCUT2D eigenvalue weighted by Crippen LogP contribution is 2.56. The molecule has 4 aliphatic carbocycles. The molecule has 4 bridgehead atoms. The second kappa shape index (κ2) is 9.48. The van der Waals surface area contributed by atoms with E-state index in [4.69, 9.17) is 21.1 Å². The van der Waals surface area contributed by atoms with Crippen molar-refractivity contribution >= 4 is 29.2 Å². The van der Waals surface area contributed by atoms with Crippen LogP contribution in [0.25, 0.3) is 0 Å². The Morgan fingerprint density at radius 1 is 1.00 bits per heavy atom. The minimum Gasteiger partial charge on any atom is -0.497 e. The molecule has 1 amide bonds. The van der Waals surface area contributed by atoms with E-state index in [0.29, 0.717) is 12.2 Å². The number of alkyl halides is 1. The highest BCUT2D eigenvalue weighted by Gasteiger charge is 2.52. The standard InChI is InChI=1S/C31H37ClN2O4/c1-30(23-4-6-24(7-5-23)33-31-15-19-10-20(16-31)12-21(11-19)17-31)26-9-8-25(37-2)13-22(26)14-27(29(36)38-3)34(30)28(35)18-32/h4-9,13,19-21,27,33H,10-12,14-18H2,1-3H3/t19?,20?,21?,27-,30+,31?/m1/s1. The summed E-state index contributed by atoms with van der Waals surface area (Å²) >= 11 is 6.11. The number of hydrogen-bond acceptors (Lipinski definition) is 5. The summed E-state index contributed by atoms with van der Waals surface area (Å²) in [5.41, 5.74) is 3.25. The van der Waals surface area contributed by atoms with E-state index in [2.05, 4.69) is 29.6 Å². The van der Waals surface area contributed by atoms with Gasteiger partial charge in [0.15, 0.2) is 0 Å². The first-order valence-electron chi connectivity index (χ1n) is 13.8. The Morgan fingerprint density at radius 2 is 1.63 bits per heavy atom. The SMILES string of the molecule is COC(=O)[C@H]1Cc2cc(OC)ccc2[C@](C)(c2ccc(NC34CC5CC(CC(C5)C3)C4)cc2)N1C(=O)CCl. The molecule has 1 heterocycles. The number of rotatable bonds is 6. The first-order valence-corrected chi connectivity index (χ1v) is 14.3. The average molecular weight is 537 g/mol. The van der Waals surface area contributed by atoms with E-state index < -0.39 is 17.6 Å². The van der Waals surface area contributed by atoms with Crippen molar-refractivity contribution in [3.05, 3.63) is 59.2 Å². The predicted molar refractivity (Wildman–Crippen MR) is 147 cm³/mol. The summed E-state index contributed by atoms with van der Waals surface area (Å²) < 4.78 is 10.6. The Balaban J connectivity index is 1.38. The summed E-state index contributed by atoms with van der Waals surface area (Å²) in [6.07, 6.45) is 8.38. The quantitative estimate of drug-likeness (QED) is 0.390. The Morgan fingerprint density at radius 3 is 2.18 bits per heavy atom. The zero-order valence-electron chi connectivity index (χ0n) is 22.5. The number of nitrogens with zero attached hydrogens (tertiary/aromatic N) is 1. The van der Waals surface area contributed by atoms with E-state index in [0.717, 1.165) is 40.1 Å². The van der Waals surface area contributed by atoms with Crippen LogP contribution in [0.3, 0.4) is 0 Å². The Kier molecular flexibility index (Phi) is 6.37. The zero-order chi connectivity index (χ0) is 26.7. The predicted octanol–water partition coefficient (Wildman–Crippen LogP) is 5.50. The summed E-state index contributed by atoms with van der Waals surface area (Å²) in [4.78, 5) is 28.0.